The maximum Gasteiger partial charge on any atom is 0.231 e. The SMILES string of the molecule is CC=C(C)COc1ncccc1C#N. The van der Waals surface area contributed by atoms with Gasteiger partial charge in [0.15, 0.2) is 0 Å². The highest BCUT2D eigenvalue weighted by Gasteiger charge is 2.02. The Morgan fingerprint density at radius 2 is 2.50 bits per heavy atom. The largest absolute Gasteiger partial charge is 0.472 e. The van der Waals surface area contributed by atoms with Crippen molar-refractivity contribution in [2.75, 3.05) is 6.61 Å². The standard InChI is InChI=1S/C11H12N2O/c1-3-9(2)8-14-11-10(7-12)5-4-6-13-11/h3-6H,8H2,1-2H3. The van der Waals surface area contributed by atoms with Crippen LogP contribution in [0.25, 0.3) is 0 Å². The van der Waals surface area contributed by atoms with Gasteiger partial charge in [0.05, 0.1) is 0 Å². The van der Waals surface area contributed by atoms with Crippen LogP contribution in [0.4, 0.5) is 0 Å². The summed E-state index contributed by atoms with van der Waals surface area (Å²) in [5, 5.41) is 8.76. The van der Waals surface area contributed by atoms with E-state index in [9.17, 15) is 0 Å². The summed E-state index contributed by atoms with van der Waals surface area (Å²) in [5.41, 5.74) is 1.58. The van der Waals surface area contributed by atoms with Crippen molar-refractivity contribution in [3.63, 3.8) is 0 Å². The van der Waals surface area contributed by atoms with Gasteiger partial charge < -0.3 is 4.74 Å². The van der Waals surface area contributed by atoms with Crippen molar-refractivity contribution >= 4 is 0 Å². The molecule has 0 atom stereocenters. The fourth-order valence-electron chi connectivity index (χ4n) is 0.856. The minimum absolute atomic E-state index is 0.399. The lowest BCUT2D eigenvalue weighted by atomic mass is 10.3. The highest BCUT2D eigenvalue weighted by molar-refractivity contribution is 5.37. The van der Waals surface area contributed by atoms with Gasteiger partial charge in [-0.2, -0.15) is 5.26 Å². The number of pyridine rings is 1. The fourth-order valence-corrected chi connectivity index (χ4v) is 0.856. The first kappa shape index (κ1) is 10.3. The van der Waals surface area contributed by atoms with Gasteiger partial charge in [-0.25, -0.2) is 4.98 Å². The summed E-state index contributed by atoms with van der Waals surface area (Å²) in [4.78, 5) is 3.98. The van der Waals surface area contributed by atoms with Crippen LogP contribution in [0.1, 0.15) is 19.4 Å². The van der Waals surface area contributed by atoms with Gasteiger partial charge in [0, 0.05) is 6.20 Å². The molecular weight excluding hydrogens is 176 g/mol. The van der Waals surface area contributed by atoms with Crippen molar-refractivity contribution in [1.29, 1.82) is 5.26 Å². The molecule has 0 N–H and O–H groups in total. The Kier molecular flexibility index (Phi) is 3.69. The number of nitrogens with zero attached hydrogens (tertiary/aromatic N) is 2. The molecule has 3 heteroatoms. The van der Waals surface area contributed by atoms with Gasteiger partial charge in [-0.1, -0.05) is 6.08 Å². The van der Waals surface area contributed by atoms with Crippen LogP contribution >= 0.6 is 0 Å². The first-order chi connectivity index (χ1) is 6.77. The molecule has 0 aliphatic carbocycles. The van der Waals surface area contributed by atoms with Gasteiger partial charge in [0.1, 0.15) is 18.2 Å². The molecule has 0 saturated carbocycles. The molecule has 0 bridgehead atoms. The maximum absolute atomic E-state index is 8.76. The summed E-state index contributed by atoms with van der Waals surface area (Å²) in [5.74, 6) is 0.399. The quantitative estimate of drug-likeness (QED) is 0.684. The summed E-state index contributed by atoms with van der Waals surface area (Å²) in [6.07, 6.45) is 3.58. The first-order valence-electron chi connectivity index (χ1n) is 4.37. The zero-order valence-electron chi connectivity index (χ0n) is 8.32. The average molecular weight is 188 g/mol. The molecule has 1 heterocycles. The van der Waals surface area contributed by atoms with Crippen molar-refractivity contribution in [3.05, 3.63) is 35.5 Å². The van der Waals surface area contributed by atoms with Gasteiger partial charge in [0.2, 0.25) is 5.88 Å². The fraction of sp³-hybridized carbons (Fsp3) is 0.273. The zero-order valence-corrected chi connectivity index (χ0v) is 8.32. The summed E-state index contributed by atoms with van der Waals surface area (Å²) in [6, 6.07) is 5.43. The molecule has 0 radical (unpaired) electrons. The summed E-state index contributed by atoms with van der Waals surface area (Å²) in [7, 11) is 0. The molecule has 1 aromatic rings. The van der Waals surface area contributed by atoms with E-state index in [1.165, 1.54) is 0 Å². The number of nitriles is 1. The van der Waals surface area contributed by atoms with Crippen LogP contribution in [0.2, 0.25) is 0 Å². The molecule has 0 aromatic carbocycles. The van der Waals surface area contributed by atoms with Crippen LogP contribution in [0, 0.1) is 11.3 Å². The third kappa shape index (κ3) is 2.60. The topological polar surface area (TPSA) is 45.9 Å². The van der Waals surface area contributed by atoms with Gasteiger partial charge in [0.25, 0.3) is 0 Å². The van der Waals surface area contributed by atoms with Crippen LogP contribution in [-0.2, 0) is 0 Å². The molecule has 0 fully saturated rings. The second-order valence-corrected chi connectivity index (χ2v) is 2.89. The molecular formula is C11H12N2O. The van der Waals surface area contributed by atoms with Crippen molar-refractivity contribution < 1.29 is 4.74 Å². The van der Waals surface area contributed by atoms with Crippen LogP contribution in [0.15, 0.2) is 30.0 Å². The molecule has 3 nitrogen and oxygen atoms in total. The Balaban J connectivity index is 2.73. The Labute approximate surface area is 83.7 Å². The monoisotopic (exact) mass is 188 g/mol. The molecule has 1 rings (SSSR count). The van der Waals surface area contributed by atoms with Gasteiger partial charge in [-0.15, -0.1) is 0 Å². The molecule has 72 valence electrons. The molecule has 0 saturated heterocycles. The van der Waals surface area contributed by atoms with Crippen molar-refractivity contribution in [2.45, 2.75) is 13.8 Å². The minimum Gasteiger partial charge on any atom is -0.472 e. The number of aromatic nitrogens is 1. The van der Waals surface area contributed by atoms with Gasteiger partial charge >= 0.3 is 0 Å². The smallest absolute Gasteiger partial charge is 0.231 e. The van der Waals surface area contributed by atoms with E-state index >= 15 is 0 Å². The second-order valence-electron chi connectivity index (χ2n) is 2.89. The summed E-state index contributed by atoms with van der Waals surface area (Å²) >= 11 is 0. The lowest BCUT2D eigenvalue weighted by molar-refractivity contribution is 0.337. The van der Waals surface area contributed by atoms with E-state index in [2.05, 4.69) is 4.98 Å². The third-order valence-electron chi connectivity index (χ3n) is 1.82. The van der Waals surface area contributed by atoms with E-state index in [4.69, 9.17) is 10.00 Å². The Morgan fingerprint density at radius 1 is 1.71 bits per heavy atom. The predicted molar refractivity (Wildman–Crippen MR) is 53.9 cm³/mol. The minimum atomic E-state index is 0.399. The van der Waals surface area contributed by atoms with E-state index in [0.717, 1.165) is 5.57 Å². The second kappa shape index (κ2) is 5.03. The number of rotatable bonds is 3. The first-order valence-corrected chi connectivity index (χ1v) is 4.37. The Bertz CT molecular complexity index is 377. The lowest BCUT2D eigenvalue weighted by Gasteiger charge is -2.05. The van der Waals surface area contributed by atoms with Crippen molar-refractivity contribution in [2.24, 2.45) is 0 Å². The van der Waals surface area contributed by atoms with E-state index in [-0.39, 0.29) is 0 Å². The van der Waals surface area contributed by atoms with Crippen LogP contribution in [0.3, 0.4) is 0 Å². The molecule has 0 spiro atoms. The normalized spacial score (nSPS) is 10.8. The molecule has 14 heavy (non-hydrogen) atoms. The van der Waals surface area contributed by atoms with Crippen molar-refractivity contribution in [1.82, 2.24) is 4.98 Å². The molecule has 0 aliphatic heterocycles. The van der Waals surface area contributed by atoms with Crippen LogP contribution in [0.5, 0.6) is 5.88 Å². The number of hydrogen-bond acceptors (Lipinski definition) is 3. The number of allylic oxidation sites excluding steroid dienone is 1. The third-order valence-corrected chi connectivity index (χ3v) is 1.82. The van der Waals surface area contributed by atoms with Crippen LogP contribution in [-0.4, -0.2) is 11.6 Å². The predicted octanol–water partition coefficient (Wildman–Crippen LogP) is 2.30. The summed E-state index contributed by atoms with van der Waals surface area (Å²) < 4.78 is 5.38. The van der Waals surface area contributed by atoms with E-state index in [0.29, 0.717) is 18.1 Å². The Morgan fingerprint density at radius 3 is 3.14 bits per heavy atom. The molecule has 0 unspecified atom stereocenters. The zero-order chi connectivity index (χ0) is 10.4. The van der Waals surface area contributed by atoms with Crippen LogP contribution < -0.4 is 4.74 Å². The molecule has 0 amide bonds. The van der Waals surface area contributed by atoms with E-state index in [1.54, 1.807) is 18.3 Å². The average Bonchev–Trinajstić information content (AvgIpc) is 2.26. The van der Waals surface area contributed by atoms with E-state index in [1.807, 2.05) is 26.0 Å². The highest BCUT2D eigenvalue weighted by Crippen LogP contribution is 2.13. The molecule has 0 aliphatic rings. The lowest BCUT2D eigenvalue weighted by Crippen LogP contribution is -2.01. The Hall–Kier alpha value is -1.82. The van der Waals surface area contributed by atoms with Gasteiger partial charge in [-0.3, -0.25) is 0 Å². The number of hydrogen-bond donors (Lipinski definition) is 0. The molecule has 1 aromatic heterocycles. The van der Waals surface area contributed by atoms with E-state index < -0.39 is 0 Å². The van der Waals surface area contributed by atoms with Crippen molar-refractivity contribution in [3.8, 4) is 11.9 Å². The van der Waals surface area contributed by atoms with Gasteiger partial charge in [-0.05, 0) is 31.6 Å². The highest BCUT2D eigenvalue weighted by atomic mass is 16.5. The summed E-state index contributed by atoms with van der Waals surface area (Å²) in [6.45, 7) is 4.39. The number of ether oxygens (including phenoxy) is 1. The maximum atomic E-state index is 8.76.